The van der Waals surface area contributed by atoms with Crippen LogP contribution in [0.2, 0.25) is 0 Å². The number of hydrogen-bond acceptors (Lipinski definition) is 4. The molecular formula is C10H17N3O. The van der Waals surface area contributed by atoms with Gasteiger partial charge in [0, 0.05) is 19.3 Å². The molecule has 14 heavy (non-hydrogen) atoms. The summed E-state index contributed by atoms with van der Waals surface area (Å²) in [5.74, 6) is 1.59. The monoisotopic (exact) mass is 195 g/mol. The van der Waals surface area contributed by atoms with Gasteiger partial charge in [-0.25, -0.2) is 9.97 Å². The highest BCUT2D eigenvalue weighted by atomic mass is 16.5. The Morgan fingerprint density at radius 2 is 2.29 bits per heavy atom. The van der Waals surface area contributed by atoms with E-state index in [2.05, 4.69) is 22.2 Å². The average molecular weight is 195 g/mol. The first-order chi connectivity index (χ1) is 6.86. The molecular weight excluding hydrogens is 178 g/mol. The molecule has 0 atom stereocenters. The van der Waals surface area contributed by atoms with Crippen molar-refractivity contribution in [2.24, 2.45) is 0 Å². The number of rotatable bonds is 6. The van der Waals surface area contributed by atoms with E-state index in [-0.39, 0.29) is 0 Å². The summed E-state index contributed by atoms with van der Waals surface area (Å²) in [4.78, 5) is 8.40. The van der Waals surface area contributed by atoms with Crippen LogP contribution in [0.15, 0.2) is 12.3 Å². The van der Waals surface area contributed by atoms with Crippen LogP contribution in [-0.4, -0.2) is 23.1 Å². The first-order valence-corrected chi connectivity index (χ1v) is 5.00. The van der Waals surface area contributed by atoms with E-state index in [0.717, 1.165) is 31.2 Å². The Bertz CT molecular complexity index is 265. The number of hydrogen-bond donors (Lipinski definition) is 1. The van der Waals surface area contributed by atoms with Gasteiger partial charge in [0.25, 0.3) is 0 Å². The SMILES string of the molecule is CCCOCc1nccc(NCC)n1. The smallest absolute Gasteiger partial charge is 0.156 e. The predicted octanol–water partition coefficient (Wildman–Crippen LogP) is 1.83. The Morgan fingerprint density at radius 1 is 1.43 bits per heavy atom. The van der Waals surface area contributed by atoms with Crippen molar-refractivity contribution in [3.8, 4) is 0 Å². The van der Waals surface area contributed by atoms with E-state index in [0.29, 0.717) is 6.61 Å². The molecule has 0 aliphatic carbocycles. The first kappa shape index (κ1) is 10.9. The van der Waals surface area contributed by atoms with E-state index in [4.69, 9.17) is 4.74 Å². The van der Waals surface area contributed by atoms with Gasteiger partial charge in [-0.05, 0) is 19.4 Å². The van der Waals surface area contributed by atoms with E-state index in [1.54, 1.807) is 6.20 Å². The lowest BCUT2D eigenvalue weighted by molar-refractivity contribution is 0.116. The lowest BCUT2D eigenvalue weighted by Crippen LogP contribution is -2.04. The zero-order valence-electron chi connectivity index (χ0n) is 8.79. The molecule has 0 radical (unpaired) electrons. The molecule has 78 valence electrons. The Labute approximate surface area is 84.7 Å². The summed E-state index contributed by atoms with van der Waals surface area (Å²) in [7, 11) is 0. The molecule has 4 nitrogen and oxygen atoms in total. The minimum absolute atomic E-state index is 0.493. The summed E-state index contributed by atoms with van der Waals surface area (Å²) in [5, 5.41) is 3.13. The van der Waals surface area contributed by atoms with Gasteiger partial charge in [-0.3, -0.25) is 0 Å². The summed E-state index contributed by atoms with van der Waals surface area (Å²) in [6.45, 7) is 6.24. The van der Waals surface area contributed by atoms with Crippen molar-refractivity contribution in [1.29, 1.82) is 0 Å². The molecule has 1 N–H and O–H groups in total. The highest BCUT2D eigenvalue weighted by molar-refractivity contribution is 5.32. The Kier molecular flexibility index (Phi) is 4.93. The van der Waals surface area contributed by atoms with Crippen LogP contribution >= 0.6 is 0 Å². The summed E-state index contributed by atoms with van der Waals surface area (Å²) in [6.07, 6.45) is 2.77. The second-order valence-electron chi connectivity index (χ2n) is 2.94. The Hall–Kier alpha value is -1.16. The molecule has 0 bridgehead atoms. The molecule has 1 heterocycles. The molecule has 0 saturated carbocycles. The normalized spacial score (nSPS) is 10.1. The van der Waals surface area contributed by atoms with Crippen LogP contribution in [0, 0.1) is 0 Å². The number of nitrogens with one attached hydrogen (secondary N) is 1. The lowest BCUT2D eigenvalue weighted by Gasteiger charge is -2.04. The molecule has 0 aromatic carbocycles. The zero-order valence-corrected chi connectivity index (χ0v) is 8.79. The maximum atomic E-state index is 5.35. The van der Waals surface area contributed by atoms with Crippen LogP contribution in [0.1, 0.15) is 26.1 Å². The van der Waals surface area contributed by atoms with Gasteiger partial charge in [-0.15, -0.1) is 0 Å². The molecule has 0 saturated heterocycles. The van der Waals surface area contributed by atoms with Gasteiger partial charge in [-0.1, -0.05) is 6.92 Å². The highest BCUT2D eigenvalue weighted by Gasteiger charge is 1.97. The van der Waals surface area contributed by atoms with Crippen LogP contribution in [0.25, 0.3) is 0 Å². The third-order valence-corrected chi connectivity index (χ3v) is 1.64. The number of ether oxygens (including phenoxy) is 1. The van der Waals surface area contributed by atoms with Crippen LogP contribution in [0.5, 0.6) is 0 Å². The maximum absolute atomic E-state index is 5.35. The third kappa shape index (κ3) is 3.70. The quantitative estimate of drug-likeness (QED) is 0.703. The van der Waals surface area contributed by atoms with E-state index >= 15 is 0 Å². The third-order valence-electron chi connectivity index (χ3n) is 1.64. The molecule has 0 unspecified atom stereocenters. The van der Waals surface area contributed by atoms with E-state index < -0.39 is 0 Å². The fraction of sp³-hybridized carbons (Fsp3) is 0.600. The second kappa shape index (κ2) is 6.32. The highest BCUT2D eigenvalue weighted by Crippen LogP contribution is 2.02. The van der Waals surface area contributed by atoms with Crippen molar-refractivity contribution in [2.75, 3.05) is 18.5 Å². The number of aromatic nitrogens is 2. The van der Waals surface area contributed by atoms with Crippen molar-refractivity contribution in [3.63, 3.8) is 0 Å². The average Bonchev–Trinajstić information content (AvgIpc) is 2.19. The summed E-state index contributed by atoms with van der Waals surface area (Å²) in [5.41, 5.74) is 0. The largest absolute Gasteiger partial charge is 0.373 e. The minimum atomic E-state index is 0.493. The van der Waals surface area contributed by atoms with E-state index in [1.165, 1.54) is 0 Å². The second-order valence-corrected chi connectivity index (χ2v) is 2.94. The molecule has 0 fully saturated rings. The van der Waals surface area contributed by atoms with Crippen molar-refractivity contribution >= 4 is 5.82 Å². The topological polar surface area (TPSA) is 47.0 Å². The summed E-state index contributed by atoms with van der Waals surface area (Å²) >= 11 is 0. The fourth-order valence-corrected chi connectivity index (χ4v) is 1.06. The fourth-order valence-electron chi connectivity index (χ4n) is 1.06. The Morgan fingerprint density at radius 3 is 3.00 bits per heavy atom. The molecule has 0 amide bonds. The first-order valence-electron chi connectivity index (χ1n) is 5.00. The van der Waals surface area contributed by atoms with Gasteiger partial charge in [-0.2, -0.15) is 0 Å². The summed E-state index contributed by atoms with van der Waals surface area (Å²) in [6, 6.07) is 1.85. The van der Waals surface area contributed by atoms with Crippen LogP contribution in [0.3, 0.4) is 0 Å². The zero-order chi connectivity index (χ0) is 10.2. The van der Waals surface area contributed by atoms with Gasteiger partial charge in [0.2, 0.25) is 0 Å². The number of anilines is 1. The van der Waals surface area contributed by atoms with Gasteiger partial charge >= 0.3 is 0 Å². The number of nitrogens with zero attached hydrogens (tertiary/aromatic N) is 2. The standard InChI is InChI=1S/C10H17N3O/c1-3-7-14-8-10-12-6-5-9(13-10)11-4-2/h5-6H,3-4,7-8H2,1-2H3,(H,11,12,13). The predicted molar refractivity (Wildman–Crippen MR) is 56.1 cm³/mol. The Balaban J connectivity index is 2.46. The van der Waals surface area contributed by atoms with Gasteiger partial charge in [0.15, 0.2) is 5.82 Å². The molecule has 1 aromatic rings. The molecule has 1 aromatic heterocycles. The minimum Gasteiger partial charge on any atom is -0.373 e. The van der Waals surface area contributed by atoms with E-state index in [9.17, 15) is 0 Å². The molecule has 0 aliphatic heterocycles. The van der Waals surface area contributed by atoms with Crippen molar-refractivity contribution in [2.45, 2.75) is 26.9 Å². The molecule has 1 rings (SSSR count). The van der Waals surface area contributed by atoms with Gasteiger partial charge in [0.1, 0.15) is 12.4 Å². The van der Waals surface area contributed by atoms with Gasteiger partial charge in [0.05, 0.1) is 0 Å². The van der Waals surface area contributed by atoms with Crippen molar-refractivity contribution in [1.82, 2.24) is 9.97 Å². The maximum Gasteiger partial charge on any atom is 0.156 e. The molecule has 4 heteroatoms. The molecule has 0 aliphatic rings. The van der Waals surface area contributed by atoms with E-state index in [1.807, 2.05) is 13.0 Å². The molecule has 0 spiro atoms. The van der Waals surface area contributed by atoms with Crippen molar-refractivity contribution in [3.05, 3.63) is 18.1 Å². The van der Waals surface area contributed by atoms with Crippen molar-refractivity contribution < 1.29 is 4.74 Å². The van der Waals surface area contributed by atoms with Gasteiger partial charge < -0.3 is 10.1 Å². The van der Waals surface area contributed by atoms with Crippen LogP contribution in [0.4, 0.5) is 5.82 Å². The summed E-state index contributed by atoms with van der Waals surface area (Å²) < 4.78 is 5.35. The van der Waals surface area contributed by atoms with Crippen LogP contribution in [-0.2, 0) is 11.3 Å². The lowest BCUT2D eigenvalue weighted by atomic mass is 10.5. The van der Waals surface area contributed by atoms with Crippen LogP contribution < -0.4 is 5.32 Å².